The summed E-state index contributed by atoms with van der Waals surface area (Å²) in [7, 11) is 2.13. The van der Waals surface area contributed by atoms with Crippen LogP contribution in [0.25, 0.3) is 33.1 Å². The average molecular weight is 364 g/mol. The predicted molar refractivity (Wildman–Crippen MR) is 115 cm³/mol. The number of benzene rings is 3. The molecule has 1 N–H and O–H groups in total. The van der Waals surface area contributed by atoms with Gasteiger partial charge in [-0.1, -0.05) is 42.5 Å². The Morgan fingerprint density at radius 2 is 1.64 bits per heavy atom. The Morgan fingerprint density at radius 3 is 2.57 bits per heavy atom. The molecule has 4 heteroatoms. The topological polar surface area (TPSA) is 34.8 Å². The molecule has 5 aromatic rings. The summed E-state index contributed by atoms with van der Waals surface area (Å²) in [4.78, 5) is 0. The van der Waals surface area contributed by atoms with Crippen LogP contribution in [0.3, 0.4) is 0 Å². The number of anilines is 1. The Balaban J connectivity index is 1.59. The van der Waals surface area contributed by atoms with E-state index in [4.69, 9.17) is 5.10 Å². The maximum absolute atomic E-state index is 4.80. The normalized spacial score (nSPS) is 15.4. The molecule has 28 heavy (non-hydrogen) atoms. The third-order valence-electron chi connectivity index (χ3n) is 5.85. The fourth-order valence-electron chi connectivity index (χ4n) is 4.54. The summed E-state index contributed by atoms with van der Waals surface area (Å²) < 4.78 is 4.38. The molecule has 136 valence electrons. The first-order valence-corrected chi connectivity index (χ1v) is 9.60. The van der Waals surface area contributed by atoms with Gasteiger partial charge < -0.3 is 9.88 Å². The zero-order valence-electron chi connectivity index (χ0n) is 15.8. The van der Waals surface area contributed by atoms with Crippen molar-refractivity contribution in [2.45, 2.75) is 13.1 Å². The van der Waals surface area contributed by atoms with Crippen LogP contribution in [0, 0.1) is 6.92 Å². The molecule has 3 heterocycles. The van der Waals surface area contributed by atoms with Crippen LogP contribution in [0.2, 0.25) is 0 Å². The zero-order valence-corrected chi connectivity index (χ0v) is 15.8. The molecule has 0 radical (unpaired) electrons. The van der Waals surface area contributed by atoms with E-state index in [1.165, 1.54) is 32.9 Å². The summed E-state index contributed by atoms with van der Waals surface area (Å²) in [6.45, 7) is 2.05. The van der Waals surface area contributed by atoms with Crippen LogP contribution in [-0.2, 0) is 7.05 Å². The molecular formula is C24H20N4. The van der Waals surface area contributed by atoms with Gasteiger partial charge in [-0.05, 0) is 42.8 Å². The fourth-order valence-corrected chi connectivity index (χ4v) is 4.54. The van der Waals surface area contributed by atoms with Gasteiger partial charge >= 0.3 is 0 Å². The van der Waals surface area contributed by atoms with E-state index in [0.717, 1.165) is 17.1 Å². The summed E-state index contributed by atoms with van der Waals surface area (Å²) in [5, 5.41) is 11.1. The summed E-state index contributed by atoms with van der Waals surface area (Å²) in [5.41, 5.74) is 8.26. The number of rotatable bonds is 1. The van der Waals surface area contributed by atoms with Crippen molar-refractivity contribution in [2.75, 3.05) is 5.32 Å². The van der Waals surface area contributed by atoms with Crippen LogP contribution < -0.4 is 5.32 Å². The Hall–Kier alpha value is -3.53. The highest BCUT2D eigenvalue weighted by Crippen LogP contribution is 2.39. The Bertz CT molecular complexity index is 1370. The Morgan fingerprint density at radius 1 is 0.857 bits per heavy atom. The average Bonchev–Trinajstić information content (AvgIpc) is 3.26. The van der Waals surface area contributed by atoms with Crippen LogP contribution in [0.1, 0.15) is 17.4 Å². The minimum atomic E-state index is -0.0260. The highest BCUT2D eigenvalue weighted by atomic mass is 15.4. The lowest BCUT2D eigenvalue weighted by atomic mass is 10.0. The number of nitrogens with zero attached hydrogens (tertiary/aromatic N) is 3. The van der Waals surface area contributed by atoms with Gasteiger partial charge in [-0.15, -0.1) is 0 Å². The third kappa shape index (κ3) is 2.03. The standard InChI is InChI=1S/C24H20N4/c1-15-13-23-18-8-3-5-9-20(18)25-24(28(23)26-15)16-11-12-22-19(14-16)17-7-4-6-10-21(17)27(22)2/h3-14,24-25H,1-2H3/t24-/m1/s1. The molecule has 6 rings (SSSR count). The van der Waals surface area contributed by atoms with E-state index >= 15 is 0 Å². The monoisotopic (exact) mass is 364 g/mol. The first kappa shape index (κ1) is 15.5. The van der Waals surface area contributed by atoms with Gasteiger partial charge in [-0.2, -0.15) is 5.10 Å². The number of aromatic nitrogens is 3. The second-order valence-corrected chi connectivity index (χ2v) is 7.56. The first-order valence-electron chi connectivity index (χ1n) is 9.60. The van der Waals surface area contributed by atoms with E-state index in [2.05, 4.69) is 101 Å². The van der Waals surface area contributed by atoms with Crippen LogP contribution in [0.5, 0.6) is 0 Å². The smallest absolute Gasteiger partial charge is 0.147 e. The van der Waals surface area contributed by atoms with Crippen molar-refractivity contribution in [3.63, 3.8) is 0 Å². The quantitative estimate of drug-likeness (QED) is 0.428. The maximum atomic E-state index is 4.80. The van der Waals surface area contributed by atoms with Gasteiger partial charge in [0, 0.05) is 40.1 Å². The van der Waals surface area contributed by atoms with Crippen molar-refractivity contribution in [1.82, 2.24) is 14.3 Å². The maximum Gasteiger partial charge on any atom is 0.147 e. The molecular weight excluding hydrogens is 344 g/mol. The second kappa shape index (κ2) is 5.49. The summed E-state index contributed by atoms with van der Waals surface area (Å²) in [6.07, 6.45) is -0.0260. The van der Waals surface area contributed by atoms with Gasteiger partial charge in [0.05, 0.1) is 11.4 Å². The molecule has 0 saturated heterocycles. The van der Waals surface area contributed by atoms with E-state index in [-0.39, 0.29) is 6.17 Å². The van der Waals surface area contributed by atoms with Crippen molar-refractivity contribution >= 4 is 27.5 Å². The van der Waals surface area contributed by atoms with E-state index in [9.17, 15) is 0 Å². The Kier molecular flexibility index (Phi) is 3.04. The SMILES string of the molecule is Cc1cc2n(n1)[C@H](c1ccc3c(c1)c1ccccc1n3C)Nc1ccccc1-2. The number of fused-ring (bicyclic) bond motifs is 6. The van der Waals surface area contributed by atoms with Crippen molar-refractivity contribution in [2.24, 2.45) is 7.05 Å². The fraction of sp³-hybridized carbons (Fsp3) is 0.125. The predicted octanol–water partition coefficient (Wildman–Crippen LogP) is 5.48. The third-order valence-corrected chi connectivity index (χ3v) is 5.85. The van der Waals surface area contributed by atoms with Crippen LogP contribution in [0.4, 0.5) is 5.69 Å². The van der Waals surface area contributed by atoms with Gasteiger partial charge in [-0.25, -0.2) is 4.68 Å². The molecule has 0 aliphatic carbocycles. The largest absolute Gasteiger partial charge is 0.359 e. The molecule has 1 aliphatic heterocycles. The van der Waals surface area contributed by atoms with Crippen molar-refractivity contribution in [1.29, 1.82) is 0 Å². The molecule has 0 saturated carbocycles. The number of nitrogens with one attached hydrogen (secondary N) is 1. The minimum Gasteiger partial charge on any atom is -0.359 e. The molecule has 0 spiro atoms. The highest BCUT2D eigenvalue weighted by Gasteiger charge is 2.26. The Labute approximate surface area is 163 Å². The van der Waals surface area contributed by atoms with Crippen molar-refractivity contribution in [3.8, 4) is 11.3 Å². The summed E-state index contributed by atoms with van der Waals surface area (Å²) in [6, 6.07) is 26.0. The van der Waals surface area contributed by atoms with Gasteiger partial charge in [0.25, 0.3) is 0 Å². The molecule has 4 nitrogen and oxygen atoms in total. The van der Waals surface area contributed by atoms with Crippen LogP contribution in [-0.4, -0.2) is 14.3 Å². The summed E-state index contributed by atoms with van der Waals surface area (Å²) >= 11 is 0. The van der Waals surface area contributed by atoms with Crippen molar-refractivity contribution in [3.05, 3.63) is 84.1 Å². The number of para-hydroxylation sites is 2. The zero-order chi connectivity index (χ0) is 18.8. The summed E-state index contributed by atoms with van der Waals surface area (Å²) in [5.74, 6) is 0. The molecule has 1 atom stereocenters. The second-order valence-electron chi connectivity index (χ2n) is 7.56. The highest BCUT2D eigenvalue weighted by molar-refractivity contribution is 6.08. The van der Waals surface area contributed by atoms with Gasteiger partial charge in [-0.3, -0.25) is 0 Å². The van der Waals surface area contributed by atoms with E-state index in [1.54, 1.807) is 0 Å². The lowest BCUT2D eigenvalue weighted by Gasteiger charge is -2.29. The van der Waals surface area contributed by atoms with E-state index in [1.807, 2.05) is 0 Å². The van der Waals surface area contributed by atoms with Gasteiger partial charge in [0.1, 0.15) is 6.17 Å². The molecule has 2 aromatic heterocycles. The lowest BCUT2D eigenvalue weighted by Crippen LogP contribution is -2.25. The van der Waals surface area contributed by atoms with Gasteiger partial charge in [0.2, 0.25) is 0 Å². The van der Waals surface area contributed by atoms with E-state index in [0.29, 0.717) is 0 Å². The van der Waals surface area contributed by atoms with Crippen LogP contribution >= 0.6 is 0 Å². The lowest BCUT2D eigenvalue weighted by molar-refractivity contribution is 0.571. The molecule has 1 aliphatic rings. The van der Waals surface area contributed by atoms with Gasteiger partial charge in [0.15, 0.2) is 0 Å². The molecule has 0 unspecified atom stereocenters. The molecule has 0 amide bonds. The molecule has 0 fully saturated rings. The van der Waals surface area contributed by atoms with Crippen LogP contribution in [0.15, 0.2) is 72.8 Å². The first-order chi connectivity index (χ1) is 13.7. The number of aryl methyl sites for hydroxylation is 2. The number of hydrogen-bond donors (Lipinski definition) is 1. The molecule has 3 aromatic carbocycles. The van der Waals surface area contributed by atoms with Crippen molar-refractivity contribution < 1.29 is 0 Å². The number of hydrogen-bond acceptors (Lipinski definition) is 2. The molecule has 0 bridgehead atoms. The minimum absolute atomic E-state index is 0.0260. The van der Waals surface area contributed by atoms with E-state index < -0.39 is 0 Å².